The van der Waals surface area contributed by atoms with Crippen LogP contribution in [-0.4, -0.2) is 42.9 Å². The van der Waals surface area contributed by atoms with Crippen molar-refractivity contribution in [2.75, 3.05) is 19.8 Å². The first-order valence-corrected chi connectivity index (χ1v) is 7.02. The van der Waals surface area contributed by atoms with Crippen LogP contribution in [0.5, 0.6) is 0 Å². The van der Waals surface area contributed by atoms with Gasteiger partial charge in [0.25, 0.3) is 0 Å². The van der Waals surface area contributed by atoms with Crippen LogP contribution in [-0.2, 0) is 9.53 Å². The number of nitrogens with one attached hydrogen (secondary N) is 2. The van der Waals surface area contributed by atoms with E-state index < -0.39 is 5.97 Å². The zero-order valence-corrected chi connectivity index (χ0v) is 11.3. The molecule has 0 saturated carbocycles. The van der Waals surface area contributed by atoms with Crippen LogP contribution in [0.15, 0.2) is 0 Å². The highest BCUT2D eigenvalue weighted by Crippen LogP contribution is 2.05. The number of ether oxygens (including phenoxy) is 1. The number of carbonyl (C=O) groups excluding carboxylic acids is 1. The Morgan fingerprint density at radius 2 is 2.00 bits per heavy atom. The first kappa shape index (κ1) is 15.8. The Morgan fingerprint density at radius 1 is 1.21 bits per heavy atom. The summed E-state index contributed by atoms with van der Waals surface area (Å²) >= 11 is 0. The van der Waals surface area contributed by atoms with Gasteiger partial charge in [0, 0.05) is 19.6 Å². The lowest BCUT2D eigenvalue weighted by Crippen LogP contribution is -2.45. The van der Waals surface area contributed by atoms with Crippen LogP contribution in [0.3, 0.4) is 0 Å². The molecule has 1 unspecified atom stereocenters. The van der Waals surface area contributed by atoms with E-state index >= 15 is 0 Å². The number of hydrogen-bond acceptors (Lipinski definition) is 3. The molecule has 0 aromatic heterocycles. The molecule has 0 aromatic carbocycles. The van der Waals surface area contributed by atoms with Gasteiger partial charge >= 0.3 is 12.0 Å². The van der Waals surface area contributed by atoms with Crippen LogP contribution >= 0.6 is 0 Å². The summed E-state index contributed by atoms with van der Waals surface area (Å²) in [6, 6.07) is -0.00893. The van der Waals surface area contributed by atoms with Crippen molar-refractivity contribution in [3.8, 4) is 0 Å². The molecule has 3 N–H and O–H groups in total. The number of carboxylic acids is 1. The second-order valence-electron chi connectivity index (χ2n) is 4.87. The van der Waals surface area contributed by atoms with E-state index in [1.54, 1.807) is 0 Å². The average molecular weight is 272 g/mol. The molecule has 19 heavy (non-hydrogen) atoms. The number of unbranched alkanes of at least 4 members (excludes halogenated alkanes) is 3. The van der Waals surface area contributed by atoms with Crippen LogP contribution in [0, 0.1) is 0 Å². The minimum Gasteiger partial charge on any atom is -0.481 e. The Kier molecular flexibility index (Phi) is 7.97. The lowest BCUT2D eigenvalue weighted by molar-refractivity contribution is -0.137. The number of rotatable bonds is 8. The van der Waals surface area contributed by atoms with Crippen molar-refractivity contribution in [1.82, 2.24) is 10.6 Å². The van der Waals surface area contributed by atoms with Gasteiger partial charge < -0.3 is 20.5 Å². The Labute approximate surface area is 113 Å². The van der Waals surface area contributed by atoms with Crippen molar-refractivity contribution in [1.29, 1.82) is 0 Å². The Bertz CT molecular complexity index is 278. The topological polar surface area (TPSA) is 87.7 Å². The van der Waals surface area contributed by atoms with Gasteiger partial charge in [0.15, 0.2) is 0 Å². The van der Waals surface area contributed by atoms with Crippen molar-refractivity contribution in [2.45, 2.75) is 51.0 Å². The molecule has 0 aliphatic carbocycles. The maximum absolute atomic E-state index is 11.5. The zero-order chi connectivity index (χ0) is 13.9. The summed E-state index contributed by atoms with van der Waals surface area (Å²) in [7, 11) is 0. The number of carboxylic acid groups (broad SMARTS) is 1. The van der Waals surface area contributed by atoms with E-state index in [0.29, 0.717) is 19.6 Å². The van der Waals surface area contributed by atoms with E-state index in [0.717, 1.165) is 38.7 Å². The molecule has 0 bridgehead atoms. The normalized spacial score (nSPS) is 18.8. The summed E-state index contributed by atoms with van der Waals surface area (Å²) in [5.41, 5.74) is 0. The monoisotopic (exact) mass is 272 g/mol. The van der Waals surface area contributed by atoms with Gasteiger partial charge in [-0.2, -0.15) is 0 Å². The molecule has 0 aromatic rings. The van der Waals surface area contributed by atoms with Gasteiger partial charge in [-0.3, -0.25) is 4.79 Å². The van der Waals surface area contributed by atoms with Gasteiger partial charge in [-0.15, -0.1) is 0 Å². The maximum atomic E-state index is 11.5. The molecule has 1 aliphatic rings. The third kappa shape index (κ3) is 8.42. The van der Waals surface area contributed by atoms with E-state index in [-0.39, 0.29) is 18.5 Å². The van der Waals surface area contributed by atoms with Crippen LogP contribution < -0.4 is 10.6 Å². The lowest BCUT2D eigenvalue weighted by Gasteiger charge is -2.23. The SMILES string of the molecule is O=C(O)CCCCCCNC(=O)NC1CCCOC1. The molecule has 1 rings (SSSR count). The number of hydrogen-bond donors (Lipinski definition) is 3. The van der Waals surface area contributed by atoms with Crippen molar-refractivity contribution in [2.24, 2.45) is 0 Å². The number of carbonyl (C=O) groups is 2. The van der Waals surface area contributed by atoms with Crippen LogP contribution in [0.2, 0.25) is 0 Å². The Morgan fingerprint density at radius 3 is 2.68 bits per heavy atom. The zero-order valence-electron chi connectivity index (χ0n) is 11.3. The predicted molar refractivity (Wildman–Crippen MR) is 71.1 cm³/mol. The first-order chi connectivity index (χ1) is 9.18. The number of amides is 2. The smallest absolute Gasteiger partial charge is 0.315 e. The number of aliphatic carboxylic acids is 1. The second kappa shape index (κ2) is 9.61. The summed E-state index contributed by atoms with van der Waals surface area (Å²) in [4.78, 5) is 21.8. The fourth-order valence-corrected chi connectivity index (χ4v) is 2.05. The summed E-state index contributed by atoms with van der Waals surface area (Å²) in [5.74, 6) is -0.743. The average Bonchev–Trinajstić information content (AvgIpc) is 2.38. The van der Waals surface area contributed by atoms with Crippen LogP contribution in [0.4, 0.5) is 4.79 Å². The highest BCUT2D eigenvalue weighted by Gasteiger charge is 2.15. The van der Waals surface area contributed by atoms with Crippen LogP contribution in [0.25, 0.3) is 0 Å². The Balaban J connectivity index is 1.90. The predicted octanol–water partition coefficient (Wildman–Crippen LogP) is 1.50. The molecule has 110 valence electrons. The molecule has 1 heterocycles. The van der Waals surface area contributed by atoms with Crippen LogP contribution in [0.1, 0.15) is 44.9 Å². The molecule has 6 nitrogen and oxygen atoms in total. The fourth-order valence-electron chi connectivity index (χ4n) is 2.05. The van der Waals surface area contributed by atoms with Gasteiger partial charge in [-0.05, 0) is 25.7 Å². The summed E-state index contributed by atoms with van der Waals surface area (Å²) < 4.78 is 5.28. The quantitative estimate of drug-likeness (QED) is 0.584. The molecule has 0 spiro atoms. The molecule has 1 atom stereocenters. The van der Waals surface area contributed by atoms with Gasteiger partial charge in [-0.1, -0.05) is 12.8 Å². The molecular formula is C13H24N2O4. The lowest BCUT2D eigenvalue weighted by atomic mass is 10.1. The van der Waals surface area contributed by atoms with Crippen molar-refractivity contribution < 1.29 is 19.4 Å². The minimum absolute atomic E-state index is 0.129. The molecule has 1 aliphatic heterocycles. The molecular weight excluding hydrogens is 248 g/mol. The molecule has 1 saturated heterocycles. The van der Waals surface area contributed by atoms with E-state index in [4.69, 9.17) is 9.84 Å². The highest BCUT2D eigenvalue weighted by atomic mass is 16.5. The molecule has 6 heteroatoms. The highest BCUT2D eigenvalue weighted by molar-refractivity contribution is 5.74. The van der Waals surface area contributed by atoms with Crippen molar-refractivity contribution in [3.63, 3.8) is 0 Å². The summed E-state index contributed by atoms with van der Waals surface area (Å²) in [6.07, 6.45) is 5.63. The molecule has 0 radical (unpaired) electrons. The van der Waals surface area contributed by atoms with Crippen molar-refractivity contribution >= 4 is 12.0 Å². The summed E-state index contributed by atoms with van der Waals surface area (Å²) in [5, 5.41) is 14.2. The standard InChI is InChI=1S/C13H24N2O4/c16-12(17)7-3-1-2-4-8-14-13(18)15-11-6-5-9-19-10-11/h11H,1-10H2,(H,16,17)(H2,14,15,18). The Hall–Kier alpha value is -1.30. The second-order valence-corrected chi connectivity index (χ2v) is 4.87. The number of urea groups is 1. The van der Waals surface area contributed by atoms with Gasteiger partial charge in [0.2, 0.25) is 0 Å². The van der Waals surface area contributed by atoms with Gasteiger partial charge in [0.05, 0.1) is 12.6 Å². The fraction of sp³-hybridized carbons (Fsp3) is 0.846. The summed E-state index contributed by atoms with van der Waals surface area (Å²) in [6.45, 7) is 2.02. The van der Waals surface area contributed by atoms with E-state index in [9.17, 15) is 9.59 Å². The maximum Gasteiger partial charge on any atom is 0.315 e. The van der Waals surface area contributed by atoms with E-state index in [1.165, 1.54) is 0 Å². The van der Waals surface area contributed by atoms with Gasteiger partial charge in [0.1, 0.15) is 0 Å². The van der Waals surface area contributed by atoms with Crippen molar-refractivity contribution in [3.05, 3.63) is 0 Å². The van der Waals surface area contributed by atoms with E-state index in [2.05, 4.69) is 10.6 Å². The molecule has 1 fully saturated rings. The third-order valence-corrected chi connectivity index (χ3v) is 3.10. The largest absolute Gasteiger partial charge is 0.481 e. The van der Waals surface area contributed by atoms with E-state index in [1.807, 2.05) is 0 Å². The third-order valence-electron chi connectivity index (χ3n) is 3.10. The molecule has 2 amide bonds. The first-order valence-electron chi connectivity index (χ1n) is 7.02. The van der Waals surface area contributed by atoms with Gasteiger partial charge in [-0.25, -0.2) is 4.79 Å². The minimum atomic E-state index is -0.743.